The Kier molecular flexibility index (Phi) is 2.81. The molecule has 1 spiro atoms. The largest absolute Gasteiger partial charge is 0.484 e. The molecule has 0 radical (unpaired) electrons. The van der Waals surface area contributed by atoms with E-state index in [9.17, 15) is 9.59 Å². The fourth-order valence-corrected chi connectivity index (χ4v) is 4.00. The third-order valence-electron chi connectivity index (χ3n) is 5.29. The van der Waals surface area contributed by atoms with Crippen molar-refractivity contribution in [1.29, 1.82) is 0 Å². The number of anilines is 2. The van der Waals surface area contributed by atoms with Crippen LogP contribution in [0.3, 0.4) is 0 Å². The molecule has 0 saturated carbocycles. The zero-order valence-electron chi connectivity index (χ0n) is 14.3. The normalized spacial score (nSPS) is 25.5. The molecule has 3 aliphatic heterocycles. The Balaban J connectivity index is 1.79. The van der Waals surface area contributed by atoms with E-state index < -0.39 is 11.3 Å². The fraction of sp³-hybridized carbons (Fsp3) is 0.278. The summed E-state index contributed by atoms with van der Waals surface area (Å²) >= 11 is 0. The van der Waals surface area contributed by atoms with Crippen molar-refractivity contribution in [1.82, 2.24) is 9.55 Å². The summed E-state index contributed by atoms with van der Waals surface area (Å²) in [7, 11) is 3.29. The van der Waals surface area contributed by atoms with E-state index in [2.05, 4.69) is 4.98 Å². The number of H-pyrrole nitrogens is 1. The van der Waals surface area contributed by atoms with Crippen molar-refractivity contribution in [2.75, 3.05) is 23.5 Å². The molecule has 8 heteroatoms. The lowest BCUT2D eigenvalue weighted by atomic mass is 9.84. The molecule has 0 amide bonds. The van der Waals surface area contributed by atoms with Crippen LogP contribution in [-0.4, -0.2) is 40.5 Å². The van der Waals surface area contributed by atoms with Gasteiger partial charge >= 0.3 is 5.69 Å². The predicted octanol–water partition coefficient (Wildman–Crippen LogP) is 0.399. The number of hydrogen-bond donors (Lipinski definition) is 1. The van der Waals surface area contributed by atoms with Gasteiger partial charge in [0.2, 0.25) is 0 Å². The number of hydrazone groups is 1. The first-order chi connectivity index (χ1) is 12.5. The lowest BCUT2D eigenvalue weighted by Crippen LogP contribution is -2.60. The van der Waals surface area contributed by atoms with Crippen LogP contribution in [0.4, 0.5) is 11.5 Å². The van der Waals surface area contributed by atoms with E-state index in [0.29, 0.717) is 23.6 Å². The molecule has 0 saturated heterocycles. The van der Waals surface area contributed by atoms with Gasteiger partial charge in [-0.2, -0.15) is 5.10 Å². The molecule has 2 aromatic rings. The molecule has 1 aromatic heterocycles. The SMILES string of the molecule is CN1CC23OC=CC2N(c2ccccc2)N=C3c2c1[nH]c(=O)n(C)c2=O. The van der Waals surface area contributed by atoms with Gasteiger partial charge < -0.3 is 9.64 Å². The van der Waals surface area contributed by atoms with Crippen molar-refractivity contribution in [3.05, 3.63) is 69.1 Å². The number of hydrogen-bond acceptors (Lipinski definition) is 6. The van der Waals surface area contributed by atoms with Gasteiger partial charge in [0.25, 0.3) is 5.56 Å². The quantitative estimate of drug-likeness (QED) is 0.804. The summed E-state index contributed by atoms with van der Waals surface area (Å²) in [5.41, 5.74) is 0.255. The zero-order valence-corrected chi connectivity index (χ0v) is 14.3. The van der Waals surface area contributed by atoms with Gasteiger partial charge in [0.1, 0.15) is 23.1 Å². The number of nitrogens with one attached hydrogen (secondary N) is 1. The van der Waals surface area contributed by atoms with Crippen LogP contribution in [0.15, 0.2) is 57.4 Å². The first kappa shape index (κ1) is 15.0. The minimum Gasteiger partial charge on any atom is -0.484 e. The zero-order chi connectivity index (χ0) is 18.1. The van der Waals surface area contributed by atoms with Crippen LogP contribution in [0.25, 0.3) is 0 Å². The van der Waals surface area contributed by atoms with Gasteiger partial charge in [-0.05, 0) is 18.2 Å². The molecule has 1 aromatic carbocycles. The molecule has 2 unspecified atom stereocenters. The van der Waals surface area contributed by atoms with Gasteiger partial charge in [-0.25, -0.2) is 4.79 Å². The van der Waals surface area contributed by atoms with Crippen molar-refractivity contribution >= 4 is 17.2 Å². The number of rotatable bonds is 1. The molecule has 3 aliphatic rings. The smallest absolute Gasteiger partial charge is 0.329 e. The van der Waals surface area contributed by atoms with Crippen LogP contribution < -0.4 is 21.2 Å². The molecule has 132 valence electrons. The molecule has 2 atom stereocenters. The molecule has 5 rings (SSSR count). The first-order valence-electron chi connectivity index (χ1n) is 8.35. The van der Waals surface area contributed by atoms with Gasteiger partial charge in [-0.15, -0.1) is 0 Å². The summed E-state index contributed by atoms with van der Waals surface area (Å²) in [5.74, 6) is 0.478. The van der Waals surface area contributed by atoms with Crippen LogP contribution in [0.5, 0.6) is 0 Å². The fourth-order valence-electron chi connectivity index (χ4n) is 4.00. The molecule has 0 bridgehead atoms. The van der Waals surface area contributed by atoms with Crippen molar-refractivity contribution in [2.45, 2.75) is 11.6 Å². The van der Waals surface area contributed by atoms with Crippen molar-refractivity contribution in [3.63, 3.8) is 0 Å². The summed E-state index contributed by atoms with van der Waals surface area (Å²) in [6.45, 7) is 0.475. The van der Waals surface area contributed by atoms with E-state index in [0.717, 1.165) is 10.3 Å². The van der Waals surface area contributed by atoms with Crippen molar-refractivity contribution in [2.24, 2.45) is 12.1 Å². The highest BCUT2D eigenvalue weighted by Crippen LogP contribution is 2.43. The van der Waals surface area contributed by atoms with E-state index in [4.69, 9.17) is 9.84 Å². The van der Waals surface area contributed by atoms with E-state index in [1.165, 1.54) is 7.05 Å². The number of fused-ring (bicyclic) bond motifs is 2. The van der Waals surface area contributed by atoms with Crippen LogP contribution in [-0.2, 0) is 11.8 Å². The second-order valence-electron chi connectivity index (χ2n) is 6.78. The maximum atomic E-state index is 12.9. The number of nitrogens with zero attached hydrogens (tertiary/aromatic N) is 4. The Bertz CT molecular complexity index is 1080. The van der Waals surface area contributed by atoms with E-state index in [-0.39, 0.29) is 11.6 Å². The van der Waals surface area contributed by atoms with Gasteiger partial charge in [0, 0.05) is 14.1 Å². The number of aromatic amines is 1. The van der Waals surface area contributed by atoms with Crippen LogP contribution in [0, 0.1) is 0 Å². The predicted molar refractivity (Wildman–Crippen MR) is 97.8 cm³/mol. The number of aromatic nitrogens is 2. The highest BCUT2D eigenvalue weighted by atomic mass is 16.5. The maximum Gasteiger partial charge on any atom is 0.329 e. The molecular formula is C18H17N5O3. The Labute approximate surface area is 148 Å². The van der Waals surface area contributed by atoms with Crippen LogP contribution in [0.2, 0.25) is 0 Å². The Morgan fingerprint density at radius 1 is 1.23 bits per heavy atom. The topological polar surface area (TPSA) is 82.9 Å². The molecule has 26 heavy (non-hydrogen) atoms. The lowest BCUT2D eigenvalue weighted by Gasteiger charge is -2.39. The number of likely N-dealkylation sites (N-methyl/N-ethyl adjacent to an activating group) is 1. The average molecular weight is 351 g/mol. The standard InChI is InChI=1S/C18H17N5O3/c1-21-10-18-12(8-9-26-18)23(11-6-4-3-5-7-11)20-14(18)13-15(21)19-17(25)22(2)16(13)24/h3-9,12H,10H2,1-2H3,(H,19,25). The second-order valence-corrected chi connectivity index (χ2v) is 6.78. The minimum absolute atomic E-state index is 0.160. The third-order valence-corrected chi connectivity index (χ3v) is 5.29. The summed E-state index contributed by atoms with van der Waals surface area (Å²) in [5, 5.41) is 6.66. The highest BCUT2D eigenvalue weighted by Gasteiger charge is 2.59. The van der Waals surface area contributed by atoms with E-state index in [1.54, 1.807) is 6.26 Å². The maximum absolute atomic E-state index is 12.9. The second kappa shape index (κ2) is 4.87. The number of para-hydroxylation sites is 1. The molecule has 1 N–H and O–H groups in total. The summed E-state index contributed by atoms with van der Waals surface area (Å²) in [4.78, 5) is 29.6. The minimum atomic E-state index is -0.776. The van der Waals surface area contributed by atoms with E-state index in [1.807, 2.05) is 53.4 Å². The number of ether oxygens (including phenoxy) is 1. The van der Waals surface area contributed by atoms with Gasteiger partial charge in [0.05, 0.1) is 18.5 Å². The summed E-state index contributed by atoms with van der Waals surface area (Å²) in [6, 6.07) is 9.61. The van der Waals surface area contributed by atoms with Crippen LogP contribution >= 0.6 is 0 Å². The molecular weight excluding hydrogens is 334 g/mol. The highest BCUT2D eigenvalue weighted by molar-refractivity contribution is 6.14. The molecule has 0 aliphatic carbocycles. The van der Waals surface area contributed by atoms with Crippen molar-refractivity contribution < 1.29 is 4.74 Å². The van der Waals surface area contributed by atoms with Gasteiger partial charge in [-0.3, -0.25) is 19.4 Å². The molecule has 0 fully saturated rings. The van der Waals surface area contributed by atoms with Gasteiger partial charge in [0.15, 0.2) is 5.60 Å². The Morgan fingerprint density at radius 2 is 2.00 bits per heavy atom. The summed E-state index contributed by atoms with van der Waals surface area (Å²) < 4.78 is 7.10. The molecule has 4 heterocycles. The van der Waals surface area contributed by atoms with Crippen LogP contribution in [0.1, 0.15) is 5.56 Å². The first-order valence-corrected chi connectivity index (χ1v) is 8.35. The monoisotopic (exact) mass is 351 g/mol. The third kappa shape index (κ3) is 1.70. The average Bonchev–Trinajstić information content (AvgIpc) is 3.17. The Hall–Kier alpha value is -3.29. The lowest BCUT2D eigenvalue weighted by molar-refractivity contribution is 0.111. The van der Waals surface area contributed by atoms with Gasteiger partial charge in [-0.1, -0.05) is 18.2 Å². The number of benzene rings is 1. The Morgan fingerprint density at radius 3 is 2.77 bits per heavy atom. The van der Waals surface area contributed by atoms with E-state index >= 15 is 0 Å². The van der Waals surface area contributed by atoms with Crippen molar-refractivity contribution in [3.8, 4) is 0 Å². The summed E-state index contributed by atoms with van der Waals surface area (Å²) in [6.07, 6.45) is 3.63. The molecule has 8 nitrogen and oxygen atoms in total.